The minimum atomic E-state index is 0.984. The van der Waals surface area contributed by atoms with Crippen LogP contribution in [0.1, 0.15) is 11.1 Å². The SMILES string of the molecule is C=Cc1cnc2ccccc2c1C=NC. The summed E-state index contributed by atoms with van der Waals surface area (Å²) in [7, 11) is 1.77. The quantitative estimate of drug-likeness (QED) is 0.678. The zero-order valence-corrected chi connectivity index (χ0v) is 8.64. The van der Waals surface area contributed by atoms with Gasteiger partial charge in [0.2, 0.25) is 0 Å². The van der Waals surface area contributed by atoms with E-state index in [1.54, 1.807) is 13.1 Å². The highest BCUT2D eigenvalue weighted by Crippen LogP contribution is 2.19. The molecule has 74 valence electrons. The standard InChI is InChI=1S/C13H12N2/c1-3-10-8-15-13-7-5-4-6-11(13)12(10)9-14-2/h3-9H,1H2,2H3. The Hall–Kier alpha value is -1.96. The van der Waals surface area contributed by atoms with Gasteiger partial charge in [0.1, 0.15) is 0 Å². The Kier molecular flexibility index (Phi) is 2.59. The van der Waals surface area contributed by atoms with Crippen LogP contribution in [0.5, 0.6) is 0 Å². The summed E-state index contributed by atoms with van der Waals surface area (Å²) in [5.74, 6) is 0. The average Bonchev–Trinajstić information content (AvgIpc) is 2.30. The van der Waals surface area contributed by atoms with E-state index in [4.69, 9.17) is 0 Å². The van der Waals surface area contributed by atoms with Gasteiger partial charge in [0, 0.05) is 36.0 Å². The molecule has 0 radical (unpaired) electrons. The monoisotopic (exact) mass is 196 g/mol. The molecule has 1 aromatic heterocycles. The number of fused-ring (bicyclic) bond motifs is 1. The molecule has 0 spiro atoms. The number of para-hydroxylation sites is 1. The summed E-state index contributed by atoms with van der Waals surface area (Å²) in [5, 5.41) is 1.11. The number of aliphatic imine (C=N–C) groups is 1. The summed E-state index contributed by atoms with van der Waals surface area (Å²) in [5.41, 5.74) is 3.08. The molecule has 0 bridgehead atoms. The average molecular weight is 196 g/mol. The summed E-state index contributed by atoms with van der Waals surface area (Å²) < 4.78 is 0. The molecule has 0 aliphatic rings. The molecule has 0 saturated heterocycles. The molecule has 2 rings (SSSR count). The van der Waals surface area contributed by atoms with Gasteiger partial charge in [0.15, 0.2) is 0 Å². The summed E-state index contributed by atoms with van der Waals surface area (Å²) in [6, 6.07) is 8.03. The smallest absolute Gasteiger partial charge is 0.0709 e. The van der Waals surface area contributed by atoms with Crippen molar-refractivity contribution in [1.82, 2.24) is 4.98 Å². The van der Waals surface area contributed by atoms with Crippen molar-refractivity contribution in [2.45, 2.75) is 0 Å². The van der Waals surface area contributed by atoms with Gasteiger partial charge in [-0.15, -0.1) is 0 Å². The molecule has 0 fully saturated rings. The lowest BCUT2D eigenvalue weighted by Gasteiger charge is -2.04. The minimum absolute atomic E-state index is 0.984. The van der Waals surface area contributed by atoms with E-state index in [0.29, 0.717) is 0 Å². The van der Waals surface area contributed by atoms with Crippen molar-refractivity contribution in [2.24, 2.45) is 4.99 Å². The van der Waals surface area contributed by atoms with Crippen LogP contribution in [0.2, 0.25) is 0 Å². The van der Waals surface area contributed by atoms with Gasteiger partial charge >= 0.3 is 0 Å². The van der Waals surface area contributed by atoms with Gasteiger partial charge in [-0.05, 0) is 6.07 Å². The number of rotatable bonds is 2. The highest BCUT2D eigenvalue weighted by Gasteiger charge is 2.03. The highest BCUT2D eigenvalue weighted by atomic mass is 14.7. The summed E-state index contributed by atoms with van der Waals surface area (Å²) in [4.78, 5) is 8.43. The predicted molar refractivity (Wildman–Crippen MR) is 65.4 cm³/mol. The van der Waals surface area contributed by atoms with Gasteiger partial charge in [0.05, 0.1) is 5.52 Å². The Morgan fingerprint density at radius 2 is 2.13 bits per heavy atom. The molecular formula is C13H12N2. The summed E-state index contributed by atoms with van der Waals surface area (Å²) in [6.07, 6.45) is 5.48. The lowest BCUT2D eigenvalue weighted by Crippen LogP contribution is -1.91. The van der Waals surface area contributed by atoms with Gasteiger partial charge in [-0.2, -0.15) is 0 Å². The van der Waals surface area contributed by atoms with Crippen LogP contribution in [0, 0.1) is 0 Å². The van der Waals surface area contributed by atoms with Gasteiger partial charge in [-0.25, -0.2) is 0 Å². The third-order valence-electron chi connectivity index (χ3n) is 2.33. The lowest BCUT2D eigenvalue weighted by molar-refractivity contribution is 1.38. The van der Waals surface area contributed by atoms with Crippen molar-refractivity contribution in [2.75, 3.05) is 7.05 Å². The second-order valence-electron chi connectivity index (χ2n) is 3.24. The molecule has 1 aromatic carbocycles. The molecular weight excluding hydrogens is 184 g/mol. The third kappa shape index (κ3) is 1.66. The Labute approximate surface area is 89.0 Å². The molecule has 15 heavy (non-hydrogen) atoms. The molecule has 2 aromatic rings. The van der Waals surface area contributed by atoms with Gasteiger partial charge in [-0.3, -0.25) is 9.98 Å². The molecule has 0 aliphatic heterocycles. The van der Waals surface area contributed by atoms with Crippen LogP contribution in [0.4, 0.5) is 0 Å². The number of nitrogens with zero attached hydrogens (tertiary/aromatic N) is 2. The van der Waals surface area contributed by atoms with E-state index in [2.05, 4.69) is 16.6 Å². The van der Waals surface area contributed by atoms with Crippen molar-refractivity contribution in [3.8, 4) is 0 Å². The van der Waals surface area contributed by atoms with E-state index in [-0.39, 0.29) is 0 Å². The number of aromatic nitrogens is 1. The van der Waals surface area contributed by atoms with Crippen LogP contribution in [0.15, 0.2) is 42.0 Å². The number of benzene rings is 1. The van der Waals surface area contributed by atoms with Gasteiger partial charge < -0.3 is 0 Å². The van der Waals surface area contributed by atoms with E-state index < -0.39 is 0 Å². The molecule has 1 heterocycles. The maximum atomic E-state index is 4.36. The molecule has 0 unspecified atom stereocenters. The first-order valence-corrected chi connectivity index (χ1v) is 4.79. The molecule has 0 saturated carbocycles. The van der Waals surface area contributed by atoms with Gasteiger partial charge in [-0.1, -0.05) is 30.9 Å². The van der Waals surface area contributed by atoms with E-state index in [1.165, 1.54) is 0 Å². The number of pyridine rings is 1. The first-order valence-electron chi connectivity index (χ1n) is 4.79. The second-order valence-corrected chi connectivity index (χ2v) is 3.24. The number of hydrogen-bond acceptors (Lipinski definition) is 2. The fourth-order valence-corrected chi connectivity index (χ4v) is 1.61. The maximum Gasteiger partial charge on any atom is 0.0709 e. The highest BCUT2D eigenvalue weighted by molar-refractivity contribution is 6.01. The topological polar surface area (TPSA) is 25.2 Å². The van der Waals surface area contributed by atoms with Gasteiger partial charge in [0.25, 0.3) is 0 Å². The van der Waals surface area contributed by atoms with Crippen LogP contribution >= 0.6 is 0 Å². The minimum Gasteiger partial charge on any atom is -0.296 e. The van der Waals surface area contributed by atoms with E-state index in [0.717, 1.165) is 22.0 Å². The molecule has 0 atom stereocenters. The Bertz CT molecular complexity index is 527. The zero-order chi connectivity index (χ0) is 10.7. The first kappa shape index (κ1) is 9.59. The molecule has 0 N–H and O–H groups in total. The van der Waals surface area contributed by atoms with Crippen LogP contribution in [0.25, 0.3) is 17.0 Å². The number of hydrogen-bond donors (Lipinski definition) is 0. The van der Waals surface area contributed by atoms with Crippen molar-refractivity contribution in [1.29, 1.82) is 0 Å². The van der Waals surface area contributed by atoms with Crippen molar-refractivity contribution < 1.29 is 0 Å². The van der Waals surface area contributed by atoms with Crippen LogP contribution in [-0.2, 0) is 0 Å². The second kappa shape index (κ2) is 4.05. The van der Waals surface area contributed by atoms with Crippen molar-refractivity contribution >= 4 is 23.2 Å². The fourth-order valence-electron chi connectivity index (χ4n) is 1.61. The van der Waals surface area contributed by atoms with Crippen molar-refractivity contribution in [3.05, 3.63) is 48.2 Å². The normalized spacial score (nSPS) is 11.0. The van der Waals surface area contributed by atoms with E-state index in [9.17, 15) is 0 Å². The Morgan fingerprint density at radius 1 is 1.33 bits per heavy atom. The van der Waals surface area contributed by atoms with Crippen LogP contribution in [0.3, 0.4) is 0 Å². The van der Waals surface area contributed by atoms with Crippen molar-refractivity contribution in [3.63, 3.8) is 0 Å². The van der Waals surface area contributed by atoms with E-state index >= 15 is 0 Å². The molecule has 2 heteroatoms. The Balaban J connectivity index is 2.84. The maximum absolute atomic E-state index is 4.36. The summed E-state index contributed by atoms with van der Waals surface area (Å²) >= 11 is 0. The third-order valence-corrected chi connectivity index (χ3v) is 2.33. The first-order chi connectivity index (χ1) is 7.36. The fraction of sp³-hybridized carbons (Fsp3) is 0.0769. The molecule has 0 amide bonds. The van der Waals surface area contributed by atoms with E-state index in [1.807, 2.05) is 36.7 Å². The lowest BCUT2D eigenvalue weighted by atomic mass is 10.0. The zero-order valence-electron chi connectivity index (χ0n) is 8.64. The molecule has 2 nitrogen and oxygen atoms in total. The largest absolute Gasteiger partial charge is 0.296 e. The molecule has 0 aliphatic carbocycles. The van der Waals surface area contributed by atoms with Crippen LogP contribution in [-0.4, -0.2) is 18.2 Å². The Morgan fingerprint density at radius 3 is 2.87 bits per heavy atom. The summed E-state index contributed by atoms with van der Waals surface area (Å²) in [6.45, 7) is 3.78. The predicted octanol–water partition coefficient (Wildman–Crippen LogP) is 2.93. The van der Waals surface area contributed by atoms with Crippen LogP contribution < -0.4 is 0 Å².